The number of hydrogen-bond donors (Lipinski definition) is 1. The van der Waals surface area contributed by atoms with Gasteiger partial charge in [0.05, 0.1) is 11.9 Å². The predicted molar refractivity (Wildman–Crippen MR) is 122 cm³/mol. The minimum atomic E-state index is -0.0983. The monoisotopic (exact) mass is 419 g/mol. The van der Waals surface area contributed by atoms with E-state index in [1.54, 1.807) is 27.2 Å². The largest absolute Gasteiger partial charge is 0.319 e. The summed E-state index contributed by atoms with van der Waals surface area (Å²) in [4.78, 5) is 18.2. The Balaban J connectivity index is 1.80. The molecule has 6 nitrogen and oxygen atoms in total. The van der Waals surface area contributed by atoms with E-state index in [2.05, 4.69) is 41.6 Å². The highest BCUT2D eigenvalue weighted by Crippen LogP contribution is 2.34. The number of hydrogen-bond acceptors (Lipinski definition) is 5. The maximum absolute atomic E-state index is 13.4. The van der Waals surface area contributed by atoms with Crippen LogP contribution in [0.1, 0.15) is 23.3 Å². The summed E-state index contributed by atoms with van der Waals surface area (Å²) in [6, 6.07) is 18.4. The van der Waals surface area contributed by atoms with Crippen LogP contribution in [0.5, 0.6) is 0 Å². The molecular weight excluding hydrogens is 394 g/mol. The number of aryl methyl sites for hydroxylation is 1. The molecule has 4 rings (SSSR count). The van der Waals surface area contributed by atoms with Gasteiger partial charge in [-0.05, 0) is 50.2 Å². The van der Waals surface area contributed by atoms with Gasteiger partial charge in [0.25, 0.3) is 5.56 Å². The number of benzene rings is 2. The van der Waals surface area contributed by atoms with Crippen molar-refractivity contribution in [1.29, 1.82) is 0 Å². The minimum absolute atomic E-state index is 0.0983. The van der Waals surface area contributed by atoms with Crippen molar-refractivity contribution in [3.05, 3.63) is 82.3 Å². The number of aromatic nitrogens is 4. The van der Waals surface area contributed by atoms with E-state index in [-0.39, 0.29) is 10.8 Å². The van der Waals surface area contributed by atoms with Crippen molar-refractivity contribution in [2.75, 3.05) is 13.6 Å². The fourth-order valence-electron chi connectivity index (χ4n) is 3.40. The Morgan fingerprint density at radius 2 is 1.83 bits per heavy atom. The first-order valence-electron chi connectivity index (χ1n) is 9.98. The molecule has 0 bridgehead atoms. The van der Waals surface area contributed by atoms with Gasteiger partial charge in [-0.3, -0.25) is 14.0 Å². The third-order valence-corrected chi connectivity index (χ3v) is 6.25. The zero-order valence-electron chi connectivity index (χ0n) is 17.4. The molecular formula is C23H25N5OS. The summed E-state index contributed by atoms with van der Waals surface area (Å²) < 4.78 is 3.36. The van der Waals surface area contributed by atoms with E-state index in [1.807, 2.05) is 44.4 Å². The molecule has 0 radical (unpaired) electrons. The molecule has 0 spiro atoms. The Hall–Kier alpha value is -2.90. The van der Waals surface area contributed by atoms with Gasteiger partial charge in [0.1, 0.15) is 5.39 Å². The first-order chi connectivity index (χ1) is 14.6. The fourth-order valence-corrected chi connectivity index (χ4v) is 4.44. The van der Waals surface area contributed by atoms with E-state index in [0.717, 1.165) is 18.7 Å². The fraction of sp³-hybridized carbons (Fsp3) is 0.261. The Bertz CT molecular complexity index is 1200. The lowest BCUT2D eigenvalue weighted by molar-refractivity contribution is 0.756. The molecule has 0 saturated heterocycles. The molecule has 2 heterocycles. The van der Waals surface area contributed by atoms with Crippen molar-refractivity contribution in [2.24, 2.45) is 7.05 Å². The van der Waals surface area contributed by atoms with E-state index in [4.69, 9.17) is 4.98 Å². The van der Waals surface area contributed by atoms with Gasteiger partial charge < -0.3 is 5.32 Å². The molecule has 30 heavy (non-hydrogen) atoms. The van der Waals surface area contributed by atoms with Gasteiger partial charge in [-0.1, -0.05) is 54.2 Å². The molecule has 2 aromatic carbocycles. The van der Waals surface area contributed by atoms with Crippen molar-refractivity contribution in [2.45, 2.75) is 23.8 Å². The highest BCUT2D eigenvalue weighted by atomic mass is 32.2. The number of likely N-dealkylation sites (N-methyl/N-ethyl adjacent to an activating group) is 1. The molecule has 0 saturated carbocycles. The SMILES string of the molecule is CNCCc1ccc(-n2c(SC(C)c3ccccc3)nc3c(cnn3C)c2=O)cc1. The molecule has 0 fully saturated rings. The van der Waals surface area contributed by atoms with Crippen molar-refractivity contribution in [1.82, 2.24) is 24.6 Å². The molecule has 1 N–H and O–H groups in total. The molecule has 0 amide bonds. The number of thioether (sulfide) groups is 1. The third kappa shape index (κ3) is 4.04. The topological polar surface area (TPSA) is 64.7 Å². The molecule has 0 aliphatic rings. The summed E-state index contributed by atoms with van der Waals surface area (Å²) in [5, 5.41) is 8.73. The summed E-state index contributed by atoms with van der Waals surface area (Å²) in [5.41, 5.74) is 3.73. The molecule has 0 aliphatic carbocycles. The molecule has 0 aliphatic heterocycles. The van der Waals surface area contributed by atoms with E-state index < -0.39 is 0 Å². The van der Waals surface area contributed by atoms with E-state index >= 15 is 0 Å². The van der Waals surface area contributed by atoms with Gasteiger partial charge in [0, 0.05) is 12.3 Å². The smallest absolute Gasteiger partial charge is 0.269 e. The summed E-state index contributed by atoms with van der Waals surface area (Å²) in [6.07, 6.45) is 2.54. The van der Waals surface area contributed by atoms with Crippen molar-refractivity contribution < 1.29 is 0 Å². The Morgan fingerprint density at radius 1 is 1.10 bits per heavy atom. The lowest BCUT2D eigenvalue weighted by Crippen LogP contribution is -2.22. The van der Waals surface area contributed by atoms with E-state index in [9.17, 15) is 4.79 Å². The van der Waals surface area contributed by atoms with Gasteiger partial charge in [0.15, 0.2) is 10.8 Å². The first-order valence-corrected chi connectivity index (χ1v) is 10.9. The van der Waals surface area contributed by atoms with Crippen LogP contribution in [0.15, 0.2) is 70.7 Å². The normalized spacial score (nSPS) is 12.4. The zero-order chi connectivity index (χ0) is 21.1. The lowest BCUT2D eigenvalue weighted by Gasteiger charge is -2.16. The summed E-state index contributed by atoms with van der Waals surface area (Å²) in [5.74, 6) is 0. The molecule has 1 atom stereocenters. The average molecular weight is 420 g/mol. The maximum atomic E-state index is 13.4. The highest BCUT2D eigenvalue weighted by Gasteiger charge is 2.18. The van der Waals surface area contributed by atoms with Crippen molar-refractivity contribution in [3.8, 4) is 5.69 Å². The molecule has 7 heteroatoms. The van der Waals surface area contributed by atoms with E-state index in [0.29, 0.717) is 16.2 Å². The van der Waals surface area contributed by atoms with Crippen LogP contribution in [0.25, 0.3) is 16.7 Å². The van der Waals surface area contributed by atoms with Gasteiger partial charge in [-0.2, -0.15) is 5.10 Å². The number of nitrogens with one attached hydrogen (secondary N) is 1. The van der Waals surface area contributed by atoms with Crippen LogP contribution in [0.4, 0.5) is 0 Å². The Labute approximate surface area is 180 Å². The molecule has 2 aromatic heterocycles. The predicted octanol–water partition coefficient (Wildman–Crippen LogP) is 3.73. The number of rotatable bonds is 7. The minimum Gasteiger partial charge on any atom is -0.319 e. The van der Waals surface area contributed by atoms with Crippen LogP contribution >= 0.6 is 11.8 Å². The van der Waals surface area contributed by atoms with Crippen molar-refractivity contribution >= 4 is 22.8 Å². The van der Waals surface area contributed by atoms with Gasteiger partial charge in [-0.15, -0.1) is 0 Å². The van der Waals surface area contributed by atoms with Gasteiger partial charge in [-0.25, -0.2) is 4.98 Å². The van der Waals surface area contributed by atoms with Crippen molar-refractivity contribution in [3.63, 3.8) is 0 Å². The Kier molecular flexibility index (Phi) is 6.01. The Morgan fingerprint density at radius 3 is 2.53 bits per heavy atom. The van der Waals surface area contributed by atoms with Crippen LogP contribution in [-0.2, 0) is 13.5 Å². The highest BCUT2D eigenvalue weighted by molar-refractivity contribution is 7.99. The standard InChI is InChI=1S/C23H25N5OS/c1-16(18-7-5-4-6-8-18)30-23-26-21-20(15-25-27(21)3)22(29)28(23)19-11-9-17(10-12-19)13-14-24-2/h4-12,15-16,24H,13-14H2,1-3H3. The second-order valence-electron chi connectivity index (χ2n) is 7.23. The zero-order valence-corrected chi connectivity index (χ0v) is 18.2. The average Bonchev–Trinajstić information content (AvgIpc) is 3.14. The molecule has 1 unspecified atom stereocenters. The van der Waals surface area contributed by atoms with Crippen LogP contribution in [0.2, 0.25) is 0 Å². The third-order valence-electron chi connectivity index (χ3n) is 5.14. The first kappa shape index (κ1) is 20.4. The summed E-state index contributed by atoms with van der Waals surface area (Å²) in [6.45, 7) is 3.04. The van der Waals surface area contributed by atoms with Crippen LogP contribution in [0, 0.1) is 0 Å². The van der Waals surface area contributed by atoms with Gasteiger partial charge in [0.2, 0.25) is 0 Å². The second kappa shape index (κ2) is 8.85. The lowest BCUT2D eigenvalue weighted by atomic mass is 10.1. The molecule has 154 valence electrons. The maximum Gasteiger partial charge on any atom is 0.269 e. The van der Waals surface area contributed by atoms with Crippen LogP contribution in [-0.4, -0.2) is 32.9 Å². The molecule has 4 aromatic rings. The second-order valence-corrected chi connectivity index (χ2v) is 8.54. The number of nitrogens with zero attached hydrogens (tertiary/aromatic N) is 4. The van der Waals surface area contributed by atoms with Crippen LogP contribution < -0.4 is 10.9 Å². The number of fused-ring (bicyclic) bond motifs is 1. The quantitative estimate of drug-likeness (QED) is 0.365. The van der Waals surface area contributed by atoms with Gasteiger partial charge >= 0.3 is 0 Å². The summed E-state index contributed by atoms with van der Waals surface area (Å²) in [7, 11) is 3.75. The van der Waals surface area contributed by atoms with E-state index in [1.165, 1.54) is 11.1 Å². The summed E-state index contributed by atoms with van der Waals surface area (Å²) >= 11 is 1.58. The van der Waals surface area contributed by atoms with Crippen LogP contribution in [0.3, 0.4) is 0 Å².